The molecule has 2 aromatic rings. The normalized spacial score (nSPS) is 33.0. The van der Waals surface area contributed by atoms with Crippen LogP contribution in [-0.2, 0) is 35.6 Å². The van der Waals surface area contributed by atoms with E-state index in [-0.39, 0.29) is 37.8 Å². The van der Waals surface area contributed by atoms with Crippen LogP contribution in [0.15, 0.2) is 30.4 Å². The molecule has 3 aliphatic carbocycles. The van der Waals surface area contributed by atoms with E-state index in [9.17, 15) is 27.6 Å². The zero-order chi connectivity index (χ0) is 41.1. The quantitative estimate of drug-likeness (QED) is 0.357. The fraction of sp³-hybridized carbons (Fsp3) is 0.674. The van der Waals surface area contributed by atoms with Gasteiger partial charge in [0.05, 0.1) is 42.0 Å². The Morgan fingerprint density at radius 3 is 2.56 bits per heavy atom. The molecular formula is C43H58N6O9S. The number of aromatic nitrogens is 2. The fourth-order valence-corrected chi connectivity index (χ4v) is 10.8. The second kappa shape index (κ2) is 17.7. The van der Waals surface area contributed by atoms with Gasteiger partial charge in [-0.1, -0.05) is 50.7 Å². The molecule has 0 radical (unpaired) electrons. The fourth-order valence-electron chi connectivity index (χ4n) is 9.43. The Kier molecular flexibility index (Phi) is 12.4. The number of nitrogens with one attached hydrogen (secondary N) is 3. The first-order valence-electron chi connectivity index (χ1n) is 21.8. The number of ketones is 1. The number of aryl methyl sites for hydroxylation is 1. The third-order valence-corrected chi connectivity index (χ3v) is 15.0. The Balaban J connectivity index is 1.11. The summed E-state index contributed by atoms with van der Waals surface area (Å²) in [5.74, 6) is -0.429. The highest BCUT2D eigenvalue weighted by atomic mass is 32.2. The number of methoxy groups -OCH3 is 1. The van der Waals surface area contributed by atoms with E-state index in [1.165, 1.54) is 0 Å². The molecule has 8 atom stereocenters. The summed E-state index contributed by atoms with van der Waals surface area (Å²) in [6.07, 6.45) is 15.6. The van der Waals surface area contributed by atoms with Crippen molar-refractivity contribution in [3.63, 3.8) is 0 Å². The number of alkyl carbamates (subject to hydrolysis) is 1. The van der Waals surface area contributed by atoms with Gasteiger partial charge >= 0.3 is 6.09 Å². The van der Waals surface area contributed by atoms with Gasteiger partial charge in [0.2, 0.25) is 21.8 Å². The van der Waals surface area contributed by atoms with E-state index in [1.54, 1.807) is 18.1 Å². The average Bonchev–Trinajstić information content (AvgIpc) is 4.10. The highest BCUT2D eigenvalue weighted by Crippen LogP contribution is 2.46. The maximum Gasteiger partial charge on any atom is 0.407 e. The lowest BCUT2D eigenvalue weighted by Gasteiger charge is -2.27. The van der Waals surface area contributed by atoms with Crippen molar-refractivity contribution in [1.29, 1.82) is 0 Å². The van der Waals surface area contributed by atoms with Crippen molar-refractivity contribution < 1.29 is 41.8 Å². The van der Waals surface area contributed by atoms with Crippen LogP contribution in [0.2, 0.25) is 0 Å². The summed E-state index contributed by atoms with van der Waals surface area (Å²) in [4.78, 5) is 67.7. The molecule has 320 valence electrons. The van der Waals surface area contributed by atoms with Crippen LogP contribution < -0.4 is 24.8 Å². The van der Waals surface area contributed by atoms with Gasteiger partial charge in [0.15, 0.2) is 5.78 Å². The van der Waals surface area contributed by atoms with Crippen molar-refractivity contribution in [1.82, 2.24) is 30.2 Å². The summed E-state index contributed by atoms with van der Waals surface area (Å²) in [7, 11) is -2.29. The van der Waals surface area contributed by atoms with Gasteiger partial charge in [-0.2, -0.15) is 0 Å². The zero-order valence-electron chi connectivity index (χ0n) is 34.0. The van der Waals surface area contributed by atoms with E-state index in [2.05, 4.69) is 15.4 Å². The predicted molar refractivity (Wildman–Crippen MR) is 218 cm³/mol. The van der Waals surface area contributed by atoms with Crippen molar-refractivity contribution in [2.24, 2.45) is 11.8 Å². The minimum absolute atomic E-state index is 0.165. The third-order valence-electron chi connectivity index (χ3n) is 13.1. The van der Waals surface area contributed by atoms with Gasteiger partial charge in [-0.15, -0.1) is 0 Å². The van der Waals surface area contributed by atoms with Crippen LogP contribution in [0, 0.1) is 11.8 Å². The lowest BCUT2D eigenvalue weighted by molar-refractivity contribution is -0.132. The Morgan fingerprint density at radius 1 is 0.915 bits per heavy atom. The summed E-state index contributed by atoms with van der Waals surface area (Å²) in [6.45, 7) is 0.0146. The van der Waals surface area contributed by atoms with Crippen molar-refractivity contribution >= 4 is 44.7 Å². The Morgan fingerprint density at radius 2 is 1.73 bits per heavy atom. The van der Waals surface area contributed by atoms with Crippen LogP contribution in [0.3, 0.4) is 0 Å². The number of allylic oxidation sites excluding steroid dienone is 1. The van der Waals surface area contributed by atoms with Gasteiger partial charge in [0.1, 0.15) is 29.2 Å². The lowest BCUT2D eigenvalue weighted by atomic mass is 9.99. The van der Waals surface area contributed by atoms with Gasteiger partial charge in [-0.3, -0.25) is 24.0 Å². The first-order chi connectivity index (χ1) is 28.5. The van der Waals surface area contributed by atoms with Crippen molar-refractivity contribution in [2.75, 3.05) is 20.2 Å². The third kappa shape index (κ3) is 9.85. The molecule has 15 nitrogen and oxygen atoms in total. The number of rotatable bonds is 4. The molecule has 4 fully saturated rings. The van der Waals surface area contributed by atoms with Gasteiger partial charge in [0.25, 0.3) is 5.91 Å². The van der Waals surface area contributed by atoms with Gasteiger partial charge in [-0.25, -0.2) is 23.2 Å². The van der Waals surface area contributed by atoms with Crippen LogP contribution in [0.4, 0.5) is 4.79 Å². The molecule has 1 aromatic heterocycles. The minimum Gasteiger partial charge on any atom is -0.497 e. The van der Waals surface area contributed by atoms with Crippen LogP contribution >= 0.6 is 0 Å². The second-order valence-electron chi connectivity index (χ2n) is 17.6. The number of sulfonamides is 1. The van der Waals surface area contributed by atoms with E-state index in [1.807, 2.05) is 24.3 Å². The summed E-state index contributed by atoms with van der Waals surface area (Å²) in [5, 5.41) is 5.27. The number of hydrogen-bond donors (Lipinski definition) is 3. The highest BCUT2D eigenvalue weighted by Gasteiger charge is 2.62. The second-order valence-corrected chi connectivity index (χ2v) is 19.5. The van der Waals surface area contributed by atoms with E-state index in [0.29, 0.717) is 60.0 Å². The minimum atomic E-state index is -3.88. The number of fused-ring (bicyclic) bond motifs is 8. The molecule has 8 rings (SSSR count). The first kappa shape index (κ1) is 41.4. The maximum atomic E-state index is 14.5. The molecular weight excluding hydrogens is 777 g/mol. The molecule has 4 heterocycles. The summed E-state index contributed by atoms with van der Waals surface area (Å²) < 4.78 is 46.2. The maximum absolute atomic E-state index is 14.5. The van der Waals surface area contributed by atoms with Crippen LogP contribution in [0.1, 0.15) is 115 Å². The number of amides is 3. The van der Waals surface area contributed by atoms with Crippen LogP contribution in [-0.4, -0.2) is 102 Å². The van der Waals surface area contributed by atoms with Crippen molar-refractivity contribution in [2.45, 2.75) is 151 Å². The van der Waals surface area contributed by atoms with Crippen molar-refractivity contribution in [3.8, 4) is 11.6 Å². The molecule has 59 heavy (non-hydrogen) atoms. The van der Waals surface area contributed by atoms with E-state index in [4.69, 9.17) is 24.2 Å². The number of hydrogen-bond acceptors (Lipinski definition) is 12. The Labute approximate surface area is 346 Å². The van der Waals surface area contributed by atoms with Crippen molar-refractivity contribution in [3.05, 3.63) is 36.0 Å². The molecule has 3 amide bonds. The van der Waals surface area contributed by atoms with Gasteiger partial charge in [-0.05, 0) is 88.7 Å². The Hall–Kier alpha value is -4.31. The number of nitrogens with zero attached hydrogens (tertiary/aromatic N) is 3. The van der Waals surface area contributed by atoms with E-state index < -0.39 is 62.8 Å². The van der Waals surface area contributed by atoms with Crippen LogP contribution in [0.25, 0.3) is 11.0 Å². The number of ether oxygens (including phenoxy) is 3. The summed E-state index contributed by atoms with van der Waals surface area (Å²) in [5.41, 5.74) is 0.573. The molecule has 3 N–H and O–H groups in total. The largest absolute Gasteiger partial charge is 0.497 e. The van der Waals surface area contributed by atoms with Gasteiger partial charge in [0, 0.05) is 24.9 Å². The molecule has 6 aliphatic rings. The standard InChI is InChI=1S/C43H58N6O9S/c1-56-29-17-20-33-36(22-29)45-40-35(44-33)14-10-6-7-11-27-15-16-30(21-27)58-42(53)46-34-13-9-5-3-2-4-8-12-28-24-43(28,41(52)48-59(54,55)32-18-19-32)47-39(51)37-23-31(57-40)25-49(37)26-38(34)50/h8,12,17,20,22,27-28,30-32,34,37H,2-7,9-11,13-16,18-19,21,23-26H2,1H3,(H,46,53)(H,47,51)(H,48,52)/b12-8-/t27-,28+,30-,31-,34+,37+,43+/m1/s1. The Bertz CT molecular complexity index is 2060. The molecule has 3 saturated carbocycles. The topological polar surface area (TPSA) is 195 Å². The molecule has 5 bridgehead atoms. The predicted octanol–water partition coefficient (Wildman–Crippen LogP) is 4.80. The van der Waals surface area contributed by atoms with Gasteiger partial charge < -0.3 is 24.8 Å². The first-order valence-corrected chi connectivity index (χ1v) is 23.3. The average molecular weight is 835 g/mol. The number of carbonyl (C=O) groups is 4. The van der Waals surface area contributed by atoms with E-state index >= 15 is 0 Å². The summed E-state index contributed by atoms with van der Waals surface area (Å²) >= 11 is 0. The molecule has 1 unspecified atom stereocenters. The highest BCUT2D eigenvalue weighted by molar-refractivity contribution is 7.91. The smallest absolute Gasteiger partial charge is 0.407 e. The molecule has 0 spiro atoms. The number of benzene rings is 1. The molecule has 3 aliphatic heterocycles. The summed E-state index contributed by atoms with van der Waals surface area (Å²) in [6, 6.07) is 3.79. The lowest BCUT2D eigenvalue weighted by Crippen LogP contribution is -2.57. The van der Waals surface area contributed by atoms with Crippen LogP contribution in [0.5, 0.6) is 11.6 Å². The monoisotopic (exact) mass is 834 g/mol. The molecule has 1 saturated heterocycles. The SMILES string of the molecule is COc1ccc2nc3c(nc2c1)O[C@@H]1C[C@H]2C(=O)N[C@@]4(C(=O)NS(=O)(=O)C5CC5)C[C@@H]4/C=C\CCCCCC[C@H](NC(=O)O[C@@H]4CC[C@@H](CCCCC3)C4)C(=O)CN2C1. The number of carbonyl (C=O) groups excluding carboxylic acids is 4. The zero-order valence-corrected chi connectivity index (χ0v) is 34.8. The molecule has 16 heteroatoms. The number of Topliss-reactive ketones (excluding diaryl/α,β-unsaturated/α-hetero) is 1. The molecule has 1 aromatic carbocycles. The van der Waals surface area contributed by atoms with E-state index in [0.717, 1.165) is 77.0 Å².